The van der Waals surface area contributed by atoms with Gasteiger partial charge in [0.05, 0.1) is 32.2 Å². The average molecular weight is 468 g/mol. The lowest BCUT2D eigenvalue weighted by Gasteiger charge is -2.16. The number of aromatic nitrogens is 2. The molecule has 164 valence electrons. The molecule has 1 aromatic heterocycles. The highest BCUT2D eigenvalue weighted by molar-refractivity contribution is 7.92. The van der Waals surface area contributed by atoms with Crippen LogP contribution in [0.3, 0.4) is 0 Å². The van der Waals surface area contributed by atoms with Crippen LogP contribution in [0, 0.1) is 27.7 Å². The lowest BCUT2D eigenvalue weighted by atomic mass is 10.1. The molecule has 0 radical (unpaired) electrons. The third kappa shape index (κ3) is 3.89. The second kappa shape index (κ2) is 8.07. The number of nitrogens with zero attached hydrogens (tertiary/aromatic N) is 2. The highest BCUT2D eigenvalue weighted by Crippen LogP contribution is 2.29. The molecule has 0 saturated carbocycles. The third-order valence-electron chi connectivity index (χ3n) is 5.48. The van der Waals surface area contributed by atoms with Crippen molar-refractivity contribution in [1.82, 2.24) is 9.55 Å². The SMILES string of the molecule is Cc1cc(C)c(S(=O)(=O)Nc2cc(-n3c(C)nc4ccccc4c3=O)ccc2Cl)cc1C. The third-order valence-corrected chi connectivity index (χ3v) is 7.31. The van der Waals surface area contributed by atoms with Crippen molar-refractivity contribution < 1.29 is 8.42 Å². The van der Waals surface area contributed by atoms with E-state index in [2.05, 4.69) is 9.71 Å². The van der Waals surface area contributed by atoms with Crippen molar-refractivity contribution >= 4 is 38.2 Å². The van der Waals surface area contributed by atoms with Crippen molar-refractivity contribution in [2.75, 3.05) is 4.72 Å². The van der Waals surface area contributed by atoms with E-state index in [-0.39, 0.29) is 21.2 Å². The number of fused-ring (bicyclic) bond motifs is 1. The Hall–Kier alpha value is -3.16. The molecule has 0 unspecified atom stereocenters. The highest BCUT2D eigenvalue weighted by atomic mass is 35.5. The van der Waals surface area contributed by atoms with E-state index in [9.17, 15) is 13.2 Å². The number of hydrogen-bond donors (Lipinski definition) is 1. The smallest absolute Gasteiger partial charge is 0.265 e. The van der Waals surface area contributed by atoms with Crippen LogP contribution in [0.1, 0.15) is 22.5 Å². The highest BCUT2D eigenvalue weighted by Gasteiger charge is 2.20. The van der Waals surface area contributed by atoms with E-state index in [0.717, 1.165) is 11.1 Å². The fourth-order valence-corrected chi connectivity index (χ4v) is 5.31. The van der Waals surface area contributed by atoms with Gasteiger partial charge in [-0.25, -0.2) is 13.4 Å². The van der Waals surface area contributed by atoms with Crippen LogP contribution >= 0.6 is 11.6 Å². The van der Waals surface area contributed by atoms with E-state index in [4.69, 9.17) is 11.6 Å². The number of nitrogens with one attached hydrogen (secondary N) is 1. The van der Waals surface area contributed by atoms with Crippen LogP contribution in [0.4, 0.5) is 5.69 Å². The summed E-state index contributed by atoms with van der Waals surface area (Å²) in [4.78, 5) is 17.8. The van der Waals surface area contributed by atoms with E-state index in [1.54, 1.807) is 56.3 Å². The number of aryl methyl sites for hydroxylation is 4. The van der Waals surface area contributed by atoms with Gasteiger partial charge in [-0.2, -0.15) is 0 Å². The van der Waals surface area contributed by atoms with Gasteiger partial charge in [-0.15, -0.1) is 0 Å². The van der Waals surface area contributed by atoms with Gasteiger partial charge in [-0.05, 0) is 80.8 Å². The molecule has 8 heteroatoms. The Kier molecular flexibility index (Phi) is 5.56. The summed E-state index contributed by atoms with van der Waals surface area (Å²) in [5.41, 5.74) is 3.53. The molecule has 0 fully saturated rings. The first-order valence-corrected chi connectivity index (χ1v) is 11.8. The van der Waals surface area contributed by atoms with Crippen molar-refractivity contribution in [1.29, 1.82) is 0 Å². The second-order valence-electron chi connectivity index (χ2n) is 7.79. The minimum Gasteiger partial charge on any atom is -0.278 e. The lowest BCUT2D eigenvalue weighted by Crippen LogP contribution is -2.22. The van der Waals surface area contributed by atoms with Gasteiger partial charge in [-0.1, -0.05) is 29.8 Å². The predicted octanol–water partition coefficient (Wildman–Crippen LogP) is 5.07. The van der Waals surface area contributed by atoms with Gasteiger partial charge in [0.25, 0.3) is 15.6 Å². The van der Waals surface area contributed by atoms with Gasteiger partial charge in [0.2, 0.25) is 0 Å². The van der Waals surface area contributed by atoms with E-state index < -0.39 is 10.0 Å². The monoisotopic (exact) mass is 467 g/mol. The van der Waals surface area contributed by atoms with E-state index in [1.807, 2.05) is 26.0 Å². The topological polar surface area (TPSA) is 81.1 Å². The fraction of sp³-hybridized carbons (Fsp3) is 0.167. The minimum atomic E-state index is -3.90. The van der Waals surface area contributed by atoms with Gasteiger partial charge < -0.3 is 0 Å². The standard InChI is InChI=1S/C24H22ClN3O3S/c1-14-11-16(3)23(12-15(14)2)32(30,31)27-22-13-18(9-10-20(22)25)28-17(4)26-21-8-6-5-7-19(21)24(28)29/h5-13,27H,1-4H3. The van der Waals surface area contributed by atoms with Crippen molar-refractivity contribution in [3.8, 4) is 5.69 Å². The van der Waals surface area contributed by atoms with Crippen LogP contribution in [0.5, 0.6) is 0 Å². The summed E-state index contributed by atoms with van der Waals surface area (Å²) in [7, 11) is -3.90. The molecule has 0 bridgehead atoms. The molecule has 0 aliphatic carbocycles. The number of hydrogen-bond acceptors (Lipinski definition) is 4. The summed E-state index contributed by atoms with van der Waals surface area (Å²) in [5.74, 6) is 0.481. The van der Waals surface area contributed by atoms with Crippen molar-refractivity contribution in [2.45, 2.75) is 32.6 Å². The number of sulfonamides is 1. The fourth-order valence-electron chi connectivity index (χ4n) is 3.70. The number of para-hydroxylation sites is 1. The van der Waals surface area contributed by atoms with E-state index in [1.165, 1.54) is 4.57 Å². The number of halogens is 1. The zero-order chi connectivity index (χ0) is 23.2. The maximum absolute atomic E-state index is 13.1. The van der Waals surface area contributed by atoms with Crippen LogP contribution in [0.2, 0.25) is 5.02 Å². The molecule has 0 aliphatic heterocycles. The maximum Gasteiger partial charge on any atom is 0.265 e. The van der Waals surface area contributed by atoms with Gasteiger partial charge in [-0.3, -0.25) is 14.1 Å². The Morgan fingerprint density at radius 1 is 0.906 bits per heavy atom. The molecule has 0 atom stereocenters. The largest absolute Gasteiger partial charge is 0.278 e. The van der Waals surface area contributed by atoms with Gasteiger partial charge >= 0.3 is 0 Å². The average Bonchev–Trinajstić information content (AvgIpc) is 2.72. The number of benzene rings is 3. The predicted molar refractivity (Wildman–Crippen MR) is 129 cm³/mol. The first-order chi connectivity index (χ1) is 15.1. The van der Waals surface area contributed by atoms with Gasteiger partial charge in [0, 0.05) is 0 Å². The Morgan fingerprint density at radius 3 is 2.34 bits per heavy atom. The molecule has 0 amide bonds. The van der Waals surface area contributed by atoms with Gasteiger partial charge in [0.1, 0.15) is 5.82 Å². The van der Waals surface area contributed by atoms with Crippen LogP contribution in [-0.2, 0) is 10.0 Å². The lowest BCUT2D eigenvalue weighted by molar-refractivity contribution is 0.600. The molecule has 4 rings (SSSR count). The van der Waals surface area contributed by atoms with Crippen molar-refractivity contribution in [2.24, 2.45) is 0 Å². The van der Waals surface area contributed by atoms with Gasteiger partial charge in [0.15, 0.2) is 0 Å². The molecule has 0 aliphatic rings. The zero-order valence-electron chi connectivity index (χ0n) is 18.1. The summed E-state index contributed by atoms with van der Waals surface area (Å²) in [6.07, 6.45) is 0. The van der Waals surface area contributed by atoms with E-state index in [0.29, 0.717) is 28.0 Å². The van der Waals surface area contributed by atoms with Crippen LogP contribution < -0.4 is 10.3 Å². The summed E-state index contributed by atoms with van der Waals surface area (Å²) >= 11 is 6.32. The summed E-state index contributed by atoms with van der Waals surface area (Å²) in [5, 5.41) is 0.694. The molecule has 4 aromatic rings. The maximum atomic E-state index is 13.1. The molecule has 6 nitrogen and oxygen atoms in total. The Bertz CT molecular complexity index is 1540. The molecule has 3 aromatic carbocycles. The van der Waals surface area contributed by atoms with Crippen molar-refractivity contribution in [3.05, 3.63) is 92.5 Å². The second-order valence-corrected chi connectivity index (χ2v) is 9.85. The molecular formula is C24H22ClN3O3S. The van der Waals surface area contributed by atoms with Crippen molar-refractivity contribution in [3.63, 3.8) is 0 Å². The molecule has 1 N–H and O–H groups in total. The normalized spacial score (nSPS) is 11.7. The summed E-state index contributed by atoms with van der Waals surface area (Å²) < 4.78 is 30.3. The summed E-state index contributed by atoms with van der Waals surface area (Å²) in [6.45, 7) is 7.28. The minimum absolute atomic E-state index is 0.182. The number of rotatable bonds is 4. The first kappa shape index (κ1) is 22.0. The number of anilines is 1. The molecule has 32 heavy (non-hydrogen) atoms. The molecular weight excluding hydrogens is 446 g/mol. The van der Waals surface area contributed by atoms with Crippen LogP contribution in [-0.4, -0.2) is 18.0 Å². The van der Waals surface area contributed by atoms with Crippen LogP contribution in [0.25, 0.3) is 16.6 Å². The van der Waals surface area contributed by atoms with E-state index >= 15 is 0 Å². The quantitative estimate of drug-likeness (QED) is 0.454. The molecule has 0 spiro atoms. The summed E-state index contributed by atoms with van der Waals surface area (Å²) in [6, 6.07) is 15.3. The molecule has 0 saturated heterocycles. The Balaban J connectivity index is 1.82. The zero-order valence-corrected chi connectivity index (χ0v) is 19.7. The van der Waals surface area contributed by atoms with Crippen LogP contribution in [0.15, 0.2) is 64.3 Å². The Labute approximate surface area is 191 Å². The molecule has 1 heterocycles. The Morgan fingerprint density at radius 2 is 1.59 bits per heavy atom. The first-order valence-electron chi connectivity index (χ1n) is 9.97.